The van der Waals surface area contributed by atoms with Crippen molar-refractivity contribution in [2.45, 2.75) is 36.8 Å². The Kier molecular flexibility index (Phi) is 9.40. The van der Waals surface area contributed by atoms with E-state index < -0.39 is 22.1 Å². The molecule has 4 rings (SSSR count). The van der Waals surface area contributed by atoms with Gasteiger partial charge in [-0.1, -0.05) is 78.9 Å². The van der Waals surface area contributed by atoms with Gasteiger partial charge in [0.05, 0.1) is 11.0 Å². The number of benzene rings is 4. The number of hydrogen-bond donors (Lipinski definition) is 3. The van der Waals surface area contributed by atoms with Crippen LogP contribution in [0, 0.1) is 0 Å². The zero-order valence-corrected chi connectivity index (χ0v) is 24.3. The van der Waals surface area contributed by atoms with Gasteiger partial charge in [0.15, 0.2) is 0 Å². The summed E-state index contributed by atoms with van der Waals surface area (Å²) in [6.45, 7) is 4.30. The number of carboxylic acids is 1. The van der Waals surface area contributed by atoms with E-state index in [9.17, 15) is 18.3 Å². The van der Waals surface area contributed by atoms with Crippen LogP contribution in [0.4, 0.5) is 0 Å². The maximum absolute atomic E-state index is 13.2. The fourth-order valence-electron chi connectivity index (χ4n) is 4.83. The molecule has 0 saturated heterocycles. The average molecular weight is 573 g/mol. The number of carbonyl (C=O) groups is 1. The van der Waals surface area contributed by atoms with Crippen molar-refractivity contribution in [1.29, 1.82) is 0 Å². The highest BCUT2D eigenvalue weighted by Gasteiger charge is 2.25. The van der Waals surface area contributed by atoms with Crippen LogP contribution in [0.2, 0.25) is 0 Å². The number of likely N-dealkylation sites (N-methyl/N-ethyl adjacent to an activating group) is 1. The van der Waals surface area contributed by atoms with Crippen LogP contribution < -0.4 is 5.32 Å². The van der Waals surface area contributed by atoms with Crippen LogP contribution in [0.25, 0.3) is 28.0 Å². The Morgan fingerprint density at radius 2 is 1.61 bits per heavy atom. The van der Waals surface area contributed by atoms with Crippen LogP contribution in [-0.4, -0.2) is 60.7 Å². The molecule has 0 aromatic heterocycles. The summed E-state index contributed by atoms with van der Waals surface area (Å²) in [5.74, 6) is -1.05. The number of nitrogens with one attached hydrogen (secondary N) is 1. The molecule has 41 heavy (non-hydrogen) atoms. The third-order valence-corrected chi connectivity index (χ3v) is 8.82. The van der Waals surface area contributed by atoms with Gasteiger partial charge in [-0.05, 0) is 71.5 Å². The minimum atomic E-state index is -3.83. The molecule has 0 heterocycles. The van der Waals surface area contributed by atoms with Crippen LogP contribution in [0.3, 0.4) is 0 Å². The third kappa shape index (κ3) is 7.89. The first-order valence-corrected chi connectivity index (χ1v) is 14.9. The van der Waals surface area contributed by atoms with Crippen molar-refractivity contribution in [3.63, 3.8) is 0 Å². The second kappa shape index (κ2) is 12.8. The van der Waals surface area contributed by atoms with Gasteiger partial charge in [0.1, 0.15) is 0 Å². The highest BCUT2D eigenvalue weighted by atomic mass is 32.2. The molecule has 1 atom stereocenters. The van der Waals surface area contributed by atoms with Gasteiger partial charge >= 0.3 is 5.97 Å². The summed E-state index contributed by atoms with van der Waals surface area (Å²) in [4.78, 5) is 11.0. The van der Waals surface area contributed by atoms with Crippen molar-refractivity contribution in [2.24, 2.45) is 0 Å². The molecule has 0 bridgehead atoms. The van der Waals surface area contributed by atoms with E-state index in [-0.39, 0.29) is 23.5 Å². The number of hydrogen-bond acceptors (Lipinski definition) is 5. The summed E-state index contributed by atoms with van der Waals surface area (Å²) in [5.41, 5.74) is 3.12. The Morgan fingerprint density at radius 3 is 2.32 bits per heavy atom. The van der Waals surface area contributed by atoms with Gasteiger partial charge in [0, 0.05) is 31.8 Å². The quantitative estimate of drug-likeness (QED) is 0.202. The van der Waals surface area contributed by atoms with Crippen molar-refractivity contribution in [3.8, 4) is 11.1 Å². The first kappa shape index (κ1) is 30.1. The topological polar surface area (TPSA) is 107 Å². The maximum atomic E-state index is 13.2. The van der Waals surface area contributed by atoms with Crippen LogP contribution in [0.1, 0.15) is 25.0 Å². The summed E-state index contributed by atoms with van der Waals surface area (Å²) >= 11 is 0. The fraction of sp³-hybridized carbons (Fsp3) is 0.242. The summed E-state index contributed by atoms with van der Waals surface area (Å²) in [7, 11) is -2.38. The SMILES string of the molecule is CN(CC(O)CNC(C)(C)Cc1ccc2ccccc2c1)S(=O)(=O)c1ccc(-c2ccccc2C=CC(=O)O)cc1. The lowest BCUT2D eigenvalue weighted by atomic mass is 9.93. The van der Waals surface area contributed by atoms with E-state index in [1.807, 2.05) is 30.3 Å². The number of aliphatic carboxylic acids is 1. The predicted octanol–water partition coefficient (Wildman–Crippen LogP) is 5.20. The molecule has 0 aliphatic carbocycles. The second-order valence-corrected chi connectivity index (χ2v) is 12.9. The fourth-order valence-corrected chi connectivity index (χ4v) is 6.04. The smallest absolute Gasteiger partial charge is 0.328 e. The molecular formula is C33H36N2O5S. The summed E-state index contributed by atoms with van der Waals surface area (Å²) in [5, 5.41) is 25.4. The molecule has 0 saturated carbocycles. The number of fused-ring (bicyclic) bond motifs is 1. The number of β-amino-alcohol motifs (C(OH)–C–C–N with tert-alkyl or cyclic N) is 1. The molecule has 3 N–H and O–H groups in total. The van der Waals surface area contributed by atoms with E-state index in [1.54, 1.807) is 18.2 Å². The van der Waals surface area contributed by atoms with Crippen LogP contribution in [0.5, 0.6) is 0 Å². The monoisotopic (exact) mass is 572 g/mol. The molecule has 7 nitrogen and oxygen atoms in total. The van der Waals surface area contributed by atoms with E-state index in [0.29, 0.717) is 5.56 Å². The first-order chi connectivity index (χ1) is 19.4. The molecule has 0 radical (unpaired) electrons. The Balaban J connectivity index is 1.36. The molecule has 0 amide bonds. The van der Waals surface area contributed by atoms with E-state index in [2.05, 4.69) is 49.5 Å². The standard InChI is InChI=1S/C33H36N2O5S/c1-33(2,21-24-12-13-25-8-4-5-10-28(25)20-24)34-22-29(36)23-35(3)41(39,40)30-17-14-27(15-18-30)31-11-7-6-9-26(31)16-19-32(37)38/h4-20,29,34,36H,21-23H2,1-3H3,(H,37,38). The van der Waals surface area contributed by atoms with E-state index in [4.69, 9.17) is 5.11 Å². The minimum absolute atomic E-state index is 0.0635. The van der Waals surface area contributed by atoms with Crippen LogP contribution in [0.15, 0.2) is 102 Å². The molecular weight excluding hydrogens is 536 g/mol. The molecule has 214 valence electrons. The molecule has 0 spiro atoms. The van der Waals surface area contributed by atoms with Crippen LogP contribution in [-0.2, 0) is 21.2 Å². The van der Waals surface area contributed by atoms with E-state index >= 15 is 0 Å². The Labute approximate surface area is 241 Å². The molecule has 0 aliphatic heterocycles. The minimum Gasteiger partial charge on any atom is -0.478 e. The van der Waals surface area contributed by atoms with Gasteiger partial charge in [-0.2, -0.15) is 4.31 Å². The maximum Gasteiger partial charge on any atom is 0.328 e. The number of aliphatic hydroxyl groups is 1. The number of sulfonamides is 1. The van der Waals surface area contributed by atoms with Crippen molar-refractivity contribution in [2.75, 3.05) is 20.1 Å². The van der Waals surface area contributed by atoms with Crippen molar-refractivity contribution < 1.29 is 23.4 Å². The lowest BCUT2D eigenvalue weighted by Crippen LogP contribution is -2.47. The molecule has 0 fully saturated rings. The predicted molar refractivity (Wildman–Crippen MR) is 164 cm³/mol. The van der Waals surface area contributed by atoms with Crippen LogP contribution >= 0.6 is 0 Å². The zero-order valence-electron chi connectivity index (χ0n) is 23.5. The number of aliphatic hydroxyl groups excluding tert-OH is 1. The average Bonchev–Trinajstić information content (AvgIpc) is 2.95. The van der Waals surface area contributed by atoms with E-state index in [1.165, 1.54) is 41.6 Å². The Hall–Kier alpha value is -3.82. The molecule has 0 aliphatic rings. The van der Waals surface area contributed by atoms with Gasteiger partial charge in [0.2, 0.25) is 10.0 Å². The lowest BCUT2D eigenvalue weighted by molar-refractivity contribution is -0.131. The Morgan fingerprint density at radius 1 is 0.951 bits per heavy atom. The van der Waals surface area contributed by atoms with Gasteiger partial charge in [0.25, 0.3) is 0 Å². The van der Waals surface area contributed by atoms with Crippen molar-refractivity contribution in [1.82, 2.24) is 9.62 Å². The number of rotatable bonds is 12. The second-order valence-electron chi connectivity index (χ2n) is 10.8. The molecule has 8 heteroatoms. The molecule has 1 unspecified atom stereocenters. The van der Waals surface area contributed by atoms with Gasteiger partial charge in [-0.25, -0.2) is 13.2 Å². The molecule has 4 aromatic carbocycles. The molecule has 4 aromatic rings. The third-order valence-electron chi connectivity index (χ3n) is 6.98. The summed E-state index contributed by atoms with van der Waals surface area (Å²) in [6.07, 6.45) is 2.42. The Bertz CT molecular complexity index is 1650. The number of nitrogens with zero attached hydrogens (tertiary/aromatic N) is 1. The largest absolute Gasteiger partial charge is 0.478 e. The van der Waals surface area contributed by atoms with Crippen molar-refractivity contribution in [3.05, 3.63) is 108 Å². The summed E-state index contributed by atoms with van der Waals surface area (Å²) < 4.78 is 27.6. The van der Waals surface area contributed by atoms with Gasteiger partial charge in [-0.3, -0.25) is 0 Å². The first-order valence-electron chi connectivity index (χ1n) is 13.4. The highest BCUT2D eigenvalue weighted by molar-refractivity contribution is 7.89. The van der Waals surface area contributed by atoms with Crippen molar-refractivity contribution >= 4 is 32.8 Å². The lowest BCUT2D eigenvalue weighted by Gasteiger charge is -2.29. The van der Waals surface area contributed by atoms with E-state index in [0.717, 1.165) is 27.9 Å². The van der Waals surface area contributed by atoms with Gasteiger partial charge < -0.3 is 15.5 Å². The van der Waals surface area contributed by atoms with Gasteiger partial charge in [-0.15, -0.1) is 0 Å². The highest BCUT2D eigenvalue weighted by Crippen LogP contribution is 2.27. The summed E-state index contributed by atoms with van der Waals surface area (Å²) in [6, 6.07) is 28.3. The zero-order chi connectivity index (χ0) is 29.6. The normalized spacial score (nSPS) is 13.2. The number of carboxylic acid groups (broad SMARTS) is 1.